The van der Waals surface area contributed by atoms with Crippen LogP contribution in [0.15, 0.2) is 55.0 Å². The Labute approximate surface area is 203 Å². The molecule has 0 aliphatic rings. The van der Waals surface area contributed by atoms with Crippen molar-refractivity contribution in [2.75, 3.05) is 31.6 Å². The van der Waals surface area contributed by atoms with Crippen LogP contribution in [0.2, 0.25) is 5.02 Å². The maximum Gasteiger partial charge on any atom is 0.0682 e. The third kappa shape index (κ3) is 6.74. The first-order chi connectivity index (χ1) is 16.7. The number of aromatic nitrogens is 4. The fourth-order valence-corrected chi connectivity index (χ4v) is 4.06. The molecule has 2 aromatic carbocycles. The number of hydrogen-bond donors (Lipinski definition) is 4. The van der Waals surface area contributed by atoms with Crippen molar-refractivity contribution in [3.63, 3.8) is 0 Å². The fraction of sp³-hybridized carbons (Fsp3) is 0.320. The topological polar surface area (TPSA) is 108 Å². The summed E-state index contributed by atoms with van der Waals surface area (Å²) in [5.74, 6) is 0. The minimum Gasteiger partial charge on any atom is -0.392 e. The van der Waals surface area contributed by atoms with E-state index >= 15 is 0 Å². The molecule has 0 amide bonds. The van der Waals surface area contributed by atoms with Gasteiger partial charge in [0.2, 0.25) is 0 Å². The van der Waals surface area contributed by atoms with Gasteiger partial charge in [0.05, 0.1) is 37.3 Å². The van der Waals surface area contributed by atoms with E-state index in [0.29, 0.717) is 18.2 Å². The Balaban J connectivity index is 1.14. The number of hydrogen-bond acceptors (Lipinski definition) is 7. The van der Waals surface area contributed by atoms with Crippen LogP contribution < -0.4 is 10.6 Å². The molecule has 2 aromatic heterocycles. The molecule has 0 aliphatic heterocycles. The van der Waals surface area contributed by atoms with E-state index in [1.165, 1.54) is 0 Å². The zero-order chi connectivity index (χ0) is 23.6. The van der Waals surface area contributed by atoms with E-state index in [-0.39, 0.29) is 6.61 Å². The predicted octanol–water partition coefficient (Wildman–Crippen LogP) is 4.16. The van der Waals surface area contributed by atoms with Crippen molar-refractivity contribution in [1.82, 2.24) is 25.7 Å². The summed E-state index contributed by atoms with van der Waals surface area (Å²) in [4.78, 5) is 0. The van der Waals surface area contributed by atoms with Gasteiger partial charge in [0.15, 0.2) is 0 Å². The average molecular weight is 481 g/mol. The molecule has 178 valence electrons. The summed E-state index contributed by atoms with van der Waals surface area (Å²) in [5, 5.41) is 32.9. The number of H-pyrrole nitrogens is 1. The van der Waals surface area contributed by atoms with Gasteiger partial charge in [-0.25, -0.2) is 0 Å². The second-order valence-corrected chi connectivity index (χ2v) is 8.47. The Morgan fingerprint density at radius 3 is 2.71 bits per heavy atom. The summed E-state index contributed by atoms with van der Waals surface area (Å²) in [6.07, 6.45) is 7.28. The van der Waals surface area contributed by atoms with Gasteiger partial charge < -0.3 is 20.5 Å². The van der Waals surface area contributed by atoms with Crippen LogP contribution in [0.3, 0.4) is 0 Å². The smallest absolute Gasteiger partial charge is 0.0682 e. The van der Waals surface area contributed by atoms with Crippen LogP contribution in [0.1, 0.15) is 24.0 Å². The molecule has 9 heteroatoms. The molecule has 4 N–H and O–H groups in total. The van der Waals surface area contributed by atoms with Gasteiger partial charge in [-0.3, -0.25) is 5.10 Å². The predicted molar refractivity (Wildman–Crippen MR) is 135 cm³/mol. The highest BCUT2D eigenvalue weighted by molar-refractivity contribution is 6.30. The summed E-state index contributed by atoms with van der Waals surface area (Å²) >= 11 is 6.08. The fourth-order valence-electron chi connectivity index (χ4n) is 3.78. The van der Waals surface area contributed by atoms with E-state index in [2.05, 4.69) is 43.2 Å². The number of fused-ring (bicyclic) bond motifs is 1. The number of aliphatic hydroxyl groups excluding tert-OH is 1. The molecule has 0 atom stereocenters. The van der Waals surface area contributed by atoms with Gasteiger partial charge in [-0.05, 0) is 66.4 Å². The van der Waals surface area contributed by atoms with Gasteiger partial charge in [0.25, 0.3) is 0 Å². The molecular weight excluding hydrogens is 452 g/mol. The second kappa shape index (κ2) is 12.4. The van der Waals surface area contributed by atoms with Crippen LogP contribution in [0, 0.1) is 0 Å². The highest BCUT2D eigenvalue weighted by atomic mass is 35.5. The summed E-state index contributed by atoms with van der Waals surface area (Å²) in [6.45, 7) is 3.69. The first-order valence-corrected chi connectivity index (χ1v) is 11.8. The van der Waals surface area contributed by atoms with Crippen molar-refractivity contribution < 1.29 is 9.84 Å². The summed E-state index contributed by atoms with van der Waals surface area (Å²) in [5.41, 5.74) is 5.94. The zero-order valence-corrected chi connectivity index (χ0v) is 19.7. The molecule has 34 heavy (non-hydrogen) atoms. The van der Waals surface area contributed by atoms with E-state index in [1.54, 1.807) is 18.5 Å². The molecule has 8 nitrogen and oxygen atoms in total. The minimum absolute atomic E-state index is 0.000362. The lowest BCUT2D eigenvalue weighted by Crippen LogP contribution is -2.16. The summed E-state index contributed by atoms with van der Waals surface area (Å²) in [6, 6.07) is 11.8. The van der Waals surface area contributed by atoms with Gasteiger partial charge in [-0.15, -0.1) is 0 Å². The van der Waals surface area contributed by atoms with Crippen LogP contribution in [-0.4, -0.2) is 51.8 Å². The molecule has 0 saturated carbocycles. The quantitative estimate of drug-likeness (QED) is 0.213. The third-order valence-corrected chi connectivity index (χ3v) is 5.68. The van der Waals surface area contributed by atoms with E-state index in [0.717, 1.165) is 71.4 Å². The third-order valence-electron chi connectivity index (χ3n) is 5.46. The molecule has 4 aromatic rings. The molecule has 0 fully saturated rings. The number of rotatable bonds is 13. The summed E-state index contributed by atoms with van der Waals surface area (Å²) < 4.78 is 5.80. The maximum atomic E-state index is 9.27. The Kier molecular flexibility index (Phi) is 8.81. The molecule has 0 unspecified atom stereocenters. The standard InChI is InChI=1S/C25H29ClN6O2/c26-22-10-18(9-19(11-22)17-33)14-27-4-1-2-7-34-8-6-28-24-12-21(20-3-5-29-30-15-20)13-25-23(24)16-31-32-25/h3,5,9-13,15-16,27-28,33H,1-2,4,6-8,14,17H2,(H,31,32). The normalized spacial score (nSPS) is 11.2. The molecule has 0 radical (unpaired) electrons. The lowest BCUT2D eigenvalue weighted by atomic mass is 10.1. The number of anilines is 1. The summed E-state index contributed by atoms with van der Waals surface area (Å²) in [7, 11) is 0. The molecule has 0 spiro atoms. The Morgan fingerprint density at radius 1 is 0.941 bits per heavy atom. The van der Waals surface area contributed by atoms with Crippen molar-refractivity contribution >= 4 is 28.2 Å². The number of aromatic amines is 1. The number of aliphatic hydroxyl groups is 1. The maximum absolute atomic E-state index is 9.27. The Morgan fingerprint density at radius 2 is 1.85 bits per heavy atom. The first kappa shape index (κ1) is 24.1. The monoisotopic (exact) mass is 480 g/mol. The largest absolute Gasteiger partial charge is 0.392 e. The molecule has 2 heterocycles. The van der Waals surface area contributed by atoms with Crippen LogP contribution >= 0.6 is 11.6 Å². The Bertz CT molecular complexity index is 1180. The van der Waals surface area contributed by atoms with Gasteiger partial charge in [0, 0.05) is 41.4 Å². The molecular formula is C25H29ClN6O2. The number of halogens is 1. The molecule has 0 aliphatic carbocycles. The van der Waals surface area contributed by atoms with Crippen LogP contribution in [0.25, 0.3) is 22.0 Å². The lowest BCUT2D eigenvalue weighted by Gasteiger charge is -2.11. The number of benzene rings is 2. The van der Waals surface area contributed by atoms with E-state index < -0.39 is 0 Å². The number of nitrogens with one attached hydrogen (secondary N) is 3. The van der Waals surface area contributed by atoms with E-state index in [4.69, 9.17) is 16.3 Å². The van der Waals surface area contributed by atoms with Crippen molar-refractivity contribution in [2.45, 2.75) is 26.0 Å². The molecule has 0 saturated heterocycles. The van der Waals surface area contributed by atoms with Gasteiger partial charge in [-0.2, -0.15) is 15.3 Å². The molecule has 0 bridgehead atoms. The van der Waals surface area contributed by atoms with Crippen molar-refractivity contribution in [1.29, 1.82) is 0 Å². The van der Waals surface area contributed by atoms with E-state index in [1.807, 2.05) is 24.4 Å². The van der Waals surface area contributed by atoms with Crippen LogP contribution in [-0.2, 0) is 17.9 Å². The van der Waals surface area contributed by atoms with E-state index in [9.17, 15) is 5.11 Å². The van der Waals surface area contributed by atoms with Gasteiger partial charge >= 0.3 is 0 Å². The Hall–Kier alpha value is -3.04. The number of ether oxygens (including phenoxy) is 1. The molecule has 4 rings (SSSR count). The van der Waals surface area contributed by atoms with Crippen LogP contribution in [0.4, 0.5) is 5.69 Å². The SMILES string of the molecule is OCc1cc(Cl)cc(CNCCCCOCCNc2cc(-c3ccnnc3)cc3[nH]ncc23)c1. The number of nitrogens with zero attached hydrogens (tertiary/aromatic N) is 3. The van der Waals surface area contributed by atoms with Crippen LogP contribution in [0.5, 0.6) is 0 Å². The van der Waals surface area contributed by atoms with Gasteiger partial charge in [-0.1, -0.05) is 17.7 Å². The highest BCUT2D eigenvalue weighted by Crippen LogP contribution is 2.29. The van der Waals surface area contributed by atoms with Crippen molar-refractivity contribution in [3.8, 4) is 11.1 Å². The van der Waals surface area contributed by atoms with Crippen molar-refractivity contribution in [2.24, 2.45) is 0 Å². The average Bonchev–Trinajstić information content (AvgIpc) is 3.34. The highest BCUT2D eigenvalue weighted by Gasteiger charge is 2.08. The number of unbranched alkanes of at least 4 members (excludes halogenated alkanes) is 1. The first-order valence-electron chi connectivity index (χ1n) is 11.4. The van der Waals surface area contributed by atoms with Crippen molar-refractivity contribution in [3.05, 3.63) is 71.1 Å². The lowest BCUT2D eigenvalue weighted by molar-refractivity contribution is 0.140. The minimum atomic E-state index is 0.000362. The second-order valence-electron chi connectivity index (χ2n) is 8.04. The van der Waals surface area contributed by atoms with Gasteiger partial charge in [0.1, 0.15) is 0 Å². The zero-order valence-electron chi connectivity index (χ0n) is 18.9.